The first kappa shape index (κ1) is 12.9. The fraction of sp³-hybridized carbons (Fsp3) is 0.154. The van der Waals surface area contributed by atoms with Crippen molar-refractivity contribution in [1.82, 2.24) is 9.29 Å². The van der Waals surface area contributed by atoms with Gasteiger partial charge in [0, 0.05) is 24.6 Å². The topological polar surface area (TPSA) is 82.3 Å². The number of anilines is 1. The molecule has 0 spiro atoms. The summed E-state index contributed by atoms with van der Waals surface area (Å²) in [5.74, 6) is -0.339. The van der Waals surface area contributed by atoms with Crippen molar-refractivity contribution in [2.24, 2.45) is 0 Å². The second-order valence-corrected chi connectivity index (χ2v) is 6.46. The summed E-state index contributed by atoms with van der Waals surface area (Å²) in [5.41, 5.74) is 1.43. The smallest absolute Gasteiger partial charge is 0.245 e. The fourth-order valence-electron chi connectivity index (χ4n) is 2.16. The SMILES string of the molecule is O=C1CN(S(=O)(=O)c2cc[nH]c2)Cc2ccccc2N1. The van der Waals surface area contributed by atoms with Gasteiger partial charge in [-0.1, -0.05) is 18.2 Å². The van der Waals surface area contributed by atoms with E-state index in [9.17, 15) is 13.2 Å². The molecule has 1 aliphatic heterocycles. The summed E-state index contributed by atoms with van der Waals surface area (Å²) < 4.78 is 26.1. The van der Waals surface area contributed by atoms with Gasteiger partial charge in [0.25, 0.3) is 0 Å². The molecule has 2 aromatic rings. The second kappa shape index (κ2) is 4.77. The minimum absolute atomic E-state index is 0.157. The standard InChI is InChI=1S/C13H13N3O3S/c17-13-9-16(20(18,19)11-5-6-14-7-11)8-10-3-1-2-4-12(10)15-13/h1-7,14H,8-9H2,(H,15,17). The van der Waals surface area contributed by atoms with Gasteiger partial charge in [-0.25, -0.2) is 8.42 Å². The van der Waals surface area contributed by atoms with E-state index in [1.165, 1.54) is 16.6 Å². The highest BCUT2D eigenvalue weighted by molar-refractivity contribution is 7.89. The summed E-state index contributed by atoms with van der Waals surface area (Å²) in [5, 5.41) is 2.72. The Morgan fingerprint density at radius 2 is 1.90 bits per heavy atom. The Bertz CT molecular complexity index is 738. The van der Waals surface area contributed by atoms with Gasteiger partial charge in [-0.2, -0.15) is 4.31 Å². The van der Waals surface area contributed by atoms with E-state index in [1.807, 2.05) is 6.07 Å². The van der Waals surface area contributed by atoms with Crippen LogP contribution in [0.4, 0.5) is 5.69 Å². The molecule has 0 aliphatic carbocycles. The van der Waals surface area contributed by atoms with Crippen LogP contribution in [0.25, 0.3) is 0 Å². The predicted octanol–water partition coefficient (Wildman–Crippen LogP) is 1.16. The highest BCUT2D eigenvalue weighted by Crippen LogP contribution is 2.24. The van der Waals surface area contributed by atoms with E-state index in [0.29, 0.717) is 5.69 Å². The van der Waals surface area contributed by atoms with E-state index < -0.39 is 10.0 Å². The Kier molecular flexibility index (Phi) is 3.07. The monoisotopic (exact) mass is 291 g/mol. The molecule has 0 saturated heterocycles. The van der Waals surface area contributed by atoms with Crippen LogP contribution in [-0.2, 0) is 21.4 Å². The lowest BCUT2D eigenvalue weighted by atomic mass is 10.2. The number of H-pyrrole nitrogens is 1. The highest BCUT2D eigenvalue weighted by atomic mass is 32.2. The summed E-state index contributed by atoms with van der Waals surface area (Å²) in [6.45, 7) is -0.0232. The number of amides is 1. The summed E-state index contributed by atoms with van der Waals surface area (Å²) in [6.07, 6.45) is 2.95. The van der Waals surface area contributed by atoms with Crippen molar-refractivity contribution in [2.75, 3.05) is 11.9 Å². The molecule has 1 aliphatic rings. The number of para-hydroxylation sites is 1. The van der Waals surface area contributed by atoms with Crippen LogP contribution in [0, 0.1) is 0 Å². The van der Waals surface area contributed by atoms with Crippen LogP contribution in [0.5, 0.6) is 0 Å². The maximum Gasteiger partial charge on any atom is 0.245 e. The molecule has 0 saturated carbocycles. The quantitative estimate of drug-likeness (QED) is 0.871. The number of fused-ring (bicyclic) bond motifs is 1. The lowest BCUT2D eigenvalue weighted by Gasteiger charge is -2.18. The number of hydrogen-bond acceptors (Lipinski definition) is 3. The zero-order valence-electron chi connectivity index (χ0n) is 10.5. The summed E-state index contributed by atoms with van der Waals surface area (Å²) in [6, 6.07) is 8.66. The van der Waals surface area contributed by atoms with Crippen molar-refractivity contribution in [3.05, 3.63) is 48.3 Å². The van der Waals surface area contributed by atoms with Crippen molar-refractivity contribution in [2.45, 2.75) is 11.4 Å². The molecule has 0 atom stereocenters. The van der Waals surface area contributed by atoms with E-state index in [1.54, 1.807) is 24.4 Å². The zero-order chi connectivity index (χ0) is 14.2. The van der Waals surface area contributed by atoms with E-state index in [4.69, 9.17) is 0 Å². The molecule has 0 bridgehead atoms. The number of aromatic amines is 1. The number of hydrogen-bond donors (Lipinski definition) is 2. The van der Waals surface area contributed by atoms with Crippen LogP contribution in [0.15, 0.2) is 47.6 Å². The lowest BCUT2D eigenvalue weighted by molar-refractivity contribution is -0.116. The number of rotatable bonds is 2. The summed E-state index contributed by atoms with van der Waals surface area (Å²) >= 11 is 0. The van der Waals surface area contributed by atoms with Crippen molar-refractivity contribution in [3.63, 3.8) is 0 Å². The van der Waals surface area contributed by atoms with E-state index in [2.05, 4.69) is 10.3 Å². The van der Waals surface area contributed by atoms with Gasteiger partial charge in [0.05, 0.1) is 11.4 Å². The molecule has 0 unspecified atom stereocenters. The summed E-state index contributed by atoms with van der Waals surface area (Å²) in [4.78, 5) is 14.7. The number of benzene rings is 1. The minimum Gasteiger partial charge on any atom is -0.366 e. The Labute approximate surface area is 116 Å². The lowest BCUT2D eigenvalue weighted by Crippen LogP contribution is -2.35. The molecular weight excluding hydrogens is 278 g/mol. The Balaban J connectivity index is 2.01. The van der Waals surface area contributed by atoms with Crippen LogP contribution >= 0.6 is 0 Å². The van der Waals surface area contributed by atoms with Gasteiger partial charge in [0.15, 0.2) is 0 Å². The van der Waals surface area contributed by atoms with Crippen molar-refractivity contribution in [3.8, 4) is 0 Å². The molecule has 104 valence electrons. The highest BCUT2D eigenvalue weighted by Gasteiger charge is 2.30. The molecule has 7 heteroatoms. The number of nitrogens with zero attached hydrogens (tertiary/aromatic N) is 1. The first-order valence-corrected chi connectivity index (χ1v) is 7.52. The predicted molar refractivity (Wildman–Crippen MR) is 73.5 cm³/mol. The largest absolute Gasteiger partial charge is 0.366 e. The number of sulfonamides is 1. The van der Waals surface area contributed by atoms with Gasteiger partial charge < -0.3 is 10.3 Å². The molecule has 0 radical (unpaired) electrons. The number of carbonyl (C=O) groups is 1. The van der Waals surface area contributed by atoms with E-state index in [0.717, 1.165) is 5.56 Å². The van der Waals surface area contributed by atoms with Gasteiger partial charge in [-0.15, -0.1) is 0 Å². The van der Waals surface area contributed by atoms with Gasteiger partial charge >= 0.3 is 0 Å². The third-order valence-corrected chi connectivity index (χ3v) is 4.95. The Morgan fingerprint density at radius 1 is 1.10 bits per heavy atom. The van der Waals surface area contributed by atoms with Gasteiger partial charge in [0.2, 0.25) is 15.9 Å². The molecule has 1 amide bonds. The van der Waals surface area contributed by atoms with Crippen LogP contribution in [0.2, 0.25) is 0 Å². The molecule has 6 nitrogen and oxygen atoms in total. The van der Waals surface area contributed by atoms with Gasteiger partial charge in [0.1, 0.15) is 0 Å². The average Bonchev–Trinajstić information content (AvgIpc) is 2.89. The van der Waals surface area contributed by atoms with Gasteiger partial charge in [-0.05, 0) is 17.7 Å². The maximum atomic E-state index is 12.5. The van der Waals surface area contributed by atoms with Crippen LogP contribution < -0.4 is 5.32 Å². The number of aromatic nitrogens is 1. The second-order valence-electron chi connectivity index (χ2n) is 4.53. The van der Waals surface area contributed by atoms with Crippen LogP contribution in [0.3, 0.4) is 0 Å². The zero-order valence-corrected chi connectivity index (χ0v) is 11.4. The minimum atomic E-state index is -3.68. The fourth-order valence-corrected chi connectivity index (χ4v) is 3.52. The molecule has 1 aromatic carbocycles. The number of nitrogens with one attached hydrogen (secondary N) is 2. The maximum absolute atomic E-state index is 12.5. The first-order chi connectivity index (χ1) is 9.57. The van der Waals surface area contributed by atoms with Crippen molar-refractivity contribution < 1.29 is 13.2 Å². The molecule has 1 aromatic heterocycles. The molecule has 0 fully saturated rings. The first-order valence-electron chi connectivity index (χ1n) is 6.08. The van der Waals surface area contributed by atoms with Crippen LogP contribution in [0.1, 0.15) is 5.56 Å². The third kappa shape index (κ3) is 2.21. The normalized spacial score (nSPS) is 16.3. The average molecular weight is 291 g/mol. The molecular formula is C13H13N3O3S. The third-order valence-electron chi connectivity index (χ3n) is 3.17. The summed E-state index contributed by atoms with van der Waals surface area (Å²) in [7, 11) is -3.68. The van der Waals surface area contributed by atoms with E-state index >= 15 is 0 Å². The van der Waals surface area contributed by atoms with Crippen molar-refractivity contribution in [1.29, 1.82) is 0 Å². The van der Waals surface area contributed by atoms with Crippen molar-refractivity contribution >= 4 is 21.6 Å². The molecule has 3 rings (SSSR count). The molecule has 2 heterocycles. The Morgan fingerprint density at radius 3 is 2.65 bits per heavy atom. The van der Waals surface area contributed by atoms with Gasteiger partial charge in [-0.3, -0.25) is 4.79 Å². The van der Waals surface area contributed by atoms with E-state index in [-0.39, 0.29) is 23.9 Å². The molecule has 2 N–H and O–H groups in total. The number of carbonyl (C=O) groups excluding carboxylic acids is 1. The molecule has 20 heavy (non-hydrogen) atoms. The van der Waals surface area contributed by atoms with Crippen LogP contribution in [-0.4, -0.2) is 30.2 Å². The Hall–Kier alpha value is -2.12.